The van der Waals surface area contributed by atoms with Crippen molar-refractivity contribution in [2.75, 3.05) is 19.7 Å². The number of hydrogen-bond acceptors (Lipinski definition) is 5. The highest BCUT2D eigenvalue weighted by Gasteiger charge is 2.24. The minimum Gasteiger partial charge on any atom is -0.371 e. The quantitative estimate of drug-likeness (QED) is 0.921. The third-order valence-corrected chi connectivity index (χ3v) is 5.10. The SMILES string of the molecule is CC1CN(Cc2cnc(C3CCCO3)s2)C(C)CN1. The molecule has 0 bridgehead atoms. The topological polar surface area (TPSA) is 37.4 Å². The van der Waals surface area contributed by atoms with Gasteiger partial charge in [-0.3, -0.25) is 4.90 Å². The molecule has 0 spiro atoms. The summed E-state index contributed by atoms with van der Waals surface area (Å²) in [6.45, 7) is 8.67. The van der Waals surface area contributed by atoms with E-state index in [1.165, 1.54) is 16.3 Å². The van der Waals surface area contributed by atoms with E-state index in [9.17, 15) is 0 Å². The Labute approximate surface area is 119 Å². The van der Waals surface area contributed by atoms with Crippen LogP contribution in [-0.4, -0.2) is 41.7 Å². The molecule has 4 nitrogen and oxygen atoms in total. The molecular formula is C14H23N3OS. The Morgan fingerprint density at radius 1 is 1.53 bits per heavy atom. The van der Waals surface area contributed by atoms with Gasteiger partial charge in [-0.25, -0.2) is 4.98 Å². The molecule has 0 aromatic carbocycles. The highest BCUT2D eigenvalue weighted by molar-refractivity contribution is 7.11. The smallest absolute Gasteiger partial charge is 0.122 e. The molecule has 5 heteroatoms. The van der Waals surface area contributed by atoms with Gasteiger partial charge < -0.3 is 10.1 Å². The molecular weight excluding hydrogens is 258 g/mol. The third kappa shape index (κ3) is 3.16. The zero-order valence-corrected chi connectivity index (χ0v) is 12.6. The molecule has 0 saturated carbocycles. The van der Waals surface area contributed by atoms with E-state index in [1.807, 2.05) is 17.5 Å². The minimum absolute atomic E-state index is 0.262. The van der Waals surface area contributed by atoms with Crippen molar-refractivity contribution in [2.24, 2.45) is 0 Å². The molecule has 106 valence electrons. The van der Waals surface area contributed by atoms with Crippen LogP contribution in [0.25, 0.3) is 0 Å². The molecule has 0 radical (unpaired) electrons. The molecule has 2 aliphatic heterocycles. The average Bonchev–Trinajstić information content (AvgIpc) is 3.04. The summed E-state index contributed by atoms with van der Waals surface area (Å²) in [6.07, 6.45) is 4.61. The van der Waals surface area contributed by atoms with Gasteiger partial charge >= 0.3 is 0 Å². The highest BCUT2D eigenvalue weighted by Crippen LogP contribution is 2.31. The first-order valence-electron chi connectivity index (χ1n) is 7.26. The minimum atomic E-state index is 0.262. The Balaban J connectivity index is 1.62. The van der Waals surface area contributed by atoms with Crippen LogP contribution in [0.1, 0.15) is 42.7 Å². The number of ether oxygens (including phenoxy) is 1. The second-order valence-electron chi connectivity index (χ2n) is 5.75. The van der Waals surface area contributed by atoms with E-state index >= 15 is 0 Å². The van der Waals surface area contributed by atoms with Gasteiger partial charge in [-0.15, -0.1) is 11.3 Å². The maximum absolute atomic E-state index is 5.70. The molecule has 3 rings (SSSR count). The van der Waals surface area contributed by atoms with Crippen molar-refractivity contribution < 1.29 is 4.74 Å². The van der Waals surface area contributed by atoms with Crippen molar-refractivity contribution in [3.63, 3.8) is 0 Å². The molecule has 2 aliphatic rings. The summed E-state index contributed by atoms with van der Waals surface area (Å²) in [4.78, 5) is 8.48. The number of nitrogens with zero attached hydrogens (tertiary/aromatic N) is 2. The predicted molar refractivity (Wildman–Crippen MR) is 77.4 cm³/mol. The fourth-order valence-electron chi connectivity index (χ4n) is 2.83. The highest BCUT2D eigenvalue weighted by atomic mass is 32.1. The standard InChI is InChI=1S/C14H23N3OS/c1-10-8-17(11(2)6-15-10)9-12-7-16-14(19-12)13-4-3-5-18-13/h7,10-11,13,15H,3-6,8-9H2,1-2H3. The van der Waals surface area contributed by atoms with E-state index in [2.05, 4.69) is 29.0 Å². The first-order valence-corrected chi connectivity index (χ1v) is 8.07. The molecule has 0 amide bonds. The Morgan fingerprint density at radius 2 is 2.42 bits per heavy atom. The van der Waals surface area contributed by atoms with E-state index < -0.39 is 0 Å². The average molecular weight is 281 g/mol. The van der Waals surface area contributed by atoms with Crippen LogP contribution in [0.2, 0.25) is 0 Å². The summed E-state index contributed by atoms with van der Waals surface area (Å²) in [5.41, 5.74) is 0. The van der Waals surface area contributed by atoms with Gasteiger partial charge in [0, 0.05) is 49.4 Å². The maximum atomic E-state index is 5.70. The zero-order valence-electron chi connectivity index (χ0n) is 11.8. The Bertz CT molecular complexity index is 417. The van der Waals surface area contributed by atoms with E-state index in [-0.39, 0.29) is 6.10 Å². The summed E-state index contributed by atoms with van der Waals surface area (Å²) in [6, 6.07) is 1.19. The largest absolute Gasteiger partial charge is 0.371 e. The summed E-state index contributed by atoms with van der Waals surface area (Å²) in [5.74, 6) is 0. The van der Waals surface area contributed by atoms with Gasteiger partial charge in [0.2, 0.25) is 0 Å². The number of aromatic nitrogens is 1. The van der Waals surface area contributed by atoms with E-state index in [0.717, 1.165) is 32.7 Å². The third-order valence-electron chi connectivity index (χ3n) is 4.03. The van der Waals surface area contributed by atoms with Crippen molar-refractivity contribution in [3.05, 3.63) is 16.1 Å². The van der Waals surface area contributed by atoms with Gasteiger partial charge in [0.05, 0.1) is 0 Å². The predicted octanol–water partition coefficient (Wildman–Crippen LogP) is 2.18. The molecule has 1 aromatic rings. The number of hydrogen-bond donors (Lipinski definition) is 1. The number of rotatable bonds is 3. The summed E-state index contributed by atoms with van der Waals surface area (Å²) in [7, 11) is 0. The van der Waals surface area contributed by atoms with Crippen LogP contribution >= 0.6 is 11.3 Å². The second-order valence-corrected chi connectivity index (χ2v) is 6.90. The molecule has 19 heavy (non-hydrogen) atoms. The Kier molecular flexibility index (Phi) is 4.17. The fraction of sp³-hybridized carbons (Fsp3) is 0.786. The van der Waals surface area contributed by atoms with Crippen molar-refractivity contribution in [3.8, 4) is 0 Å². The van der Waals surface area contributed by atoms with Crippen LogP contribution in [0.5, 0.6) is 0 Å². The Morgan fingerprint density at radius 3 is 3.21 bits per heavy atom. The summed E-state index contributed by atoms with van der Waals surface area (Å²) >= 11 is 1.83. The van der Waals surface area contributed by atoms with Crippen molar-refractivity contribution in [2.45, 2.75) is 51.4 Å². The van der Waals surface area contributed by atoms with Crippen LogP contribution in [0.4, 0.5) is 0 Å². The van der Waals surface area contributed by atoms with Crippen LogP contribution < -0.4 is 5.32 Å². The lowest BCUT2D eigenvalue weighted by atomic mass is 10.1. The lowest BCUT2D eigenvalue weighted by Crippen LogP contribution is -2.53. The molecule has 3 unspecified atom stereocenters. The van der Waals surface area contributed by atoms with Crippen molar-refractivity contribution >= 4 is 11.3 Å². The van der Waals surface area contributed by atoms with E-state index in [0.29, 0.717) is 12.1 Å². The van der Waals surface area contributed by atoms with Crippen LogP contribution in [0, 0.1) is 0 Å². The molecule has 3 heterocycles. The zero-order chi connectivity index (χ0) is 13.2. The Hall–Kier alpha value is -0.490. The molecule has 2 saturated heterocycles. The van der Waals surface area contributed by atoms with Gasteiger partial charge in [-0.1, -0.05) is 0 Å². The van der Waals surface area contributed by atoms with E-state index in [4.69, 9.17) is 4.74 Å². The van der Waals surface area contributed by atoms with Crippen LogP contribution in [0.3, 0.4) is 0 Å². The first kappa shape index (κ1) is 13.5. The van der Waals surface area contributed by atoms with Gasteiger partial charge in [0.15, 0.2) is 0 Å². The second kappa shape index (κ2) is 5.87. The molecule has 3 atom stereocenters. The van der Waals surface area contributed by atoms with Crippen molar-refractivity contribution in [1.82, 2.24) is 15.2 Å². The first-order chi connectivity index (χ1) is 9.22. The molecule has 2 fully saturated rings. The van der Waals surface area contributed by atoms with Crippen molar-refractivity contribution in [1.29, 1.82) is 0 Å². The maximum Gasteiger partial charge on any atom is 0.122 e. The number of piperazine rings is 1. The molecule has 0 aliphatic carbocycles. The van der Waals surface area contributed by atoms with Gasteiger partial charge in [0.1, 0.15) is 11.1 Å². The molecule has 1 N–H and O–H groups in total. The van der Waals surface area contributed by atoms with Crippen LogP contribution in [-0.2, 0) is 11.3 Å². The van der Waals surface area contributed by atoms with Crippen LogP contribution in [0.15, 0.2) is 6.20 Å². The fourth-order valence-corrected chi connectivity index (χ4v) is 3.86. The van der Waals surface area contributed by atoms with Gasteiger partial charge in [-0.05, 0) is 26.7 Å². The van der Waals surface area contributed by atoms with Gasteiger partial charge in [0.25, 0.3) is 0 Å². The lowest BCUT2D eigenvalue weighted by molar-refractivity contribution is 0.111. The summed E-state index contributed by atoms with van der Waals surface area (Å²) in [5, 5.41) is 4.69. The normalized spacial score (nSPS) is 32.8. The van der Waals surface area contributed by atoms with Gasteiger partial charge in [-0.2, -0.15) is 0 Å². The number of nitrogens with one attached hydrogen (secondary N) is 1. The monoisotopic (exact) mass is 281 g/mol. The lowest BCUT2D eigenvalue weighted by Gasteiger charge is -2.37. The molecule has 1 aromatic heterocycles. The summed E-state index contributed by atoms with van der Waals surface area (Å²) < 4.78 is 5.70. The number of thiazole rings is 1. The van der Waals surface area contributed by atoms with E-state index in [1.54, 1.807) is 0 Å².